The molecule has 0 saturated carbocycles. The molecule has 0 aliphatic heterocycles. The second kappa shape index (κ2) is 9.74. The topological polar surface area (TPSA) is 104 Å². The number of hydrogen-bond donors (Lipinski definition) is 3. The number of carbonyl (C=O) groups excluding carboxylic acids is 2. The fourth-order valence-corrected chi connectivity index (χ4v) is 4.25. The molecule has 9 heteroatoms. The first-order valence-electron chi connectivity index (χ1n) is 9.77. The van der Waals surface area contributed by atoms with Crippen LogP contribution < -0.4 is 15.4 Å². The van der Waals surface area contributed by atoms with Gasteiger partial charge in [0.05, 0.1) is 21.8 Å². The predicted octanol–water partition coefficient (Wildman–Crippen LogP) is 4.33. The van der Waals surface area contributed by atoms with Crippen LogP contribution in [0.3, 0.4) is 0 Å². The van der Waals surface area contributed by atoms with Crippen molar-refractivity contribution in [3.8, 4) is 0 Å². The first kappa shape index (κ1) is 24.7. The molecule has 0 heterocycles. The Hall–Kier alpha value is -2.52. The van der Waals surface area contributed by atoms with Gasteiger partial charge in [0.15, 0.2) is 0 Å². The Morgan fingerprint density at radius 2 is 1.65 bits per heavy atom. The average molecular weight is 464 g/mol. The summed E-state index contributed by atoms with van der Waals surface area (Å²) in [7, 11) is -4.01. The Morgan fingerprint density at radius 3 is 2.23 bits per heavy atom. The number of rotatable bonds is 7. The van der Waals surface area contributed by atoms with Crippen molar-refractivity contribution in [3.05, 3.63) is 48.0 Å². The molecule has 0 aromatic heterocycles. The van der Waals surface area contributed by atoms with E-state index in [0.29, 0.717) is 5.69 Å². The molecule has 0 aliphatic carbocycles. The summed E-state index contributed by atoms with van der Waals surface area (Å²) >= 11 is 1.40. The van der Waals surface area contributed by atoms with E-state index < -0.39 is 15.6 Å². The highest BCUT2D eigenvalue weighted by molar-refractivity contribution is 7.98. The Labute approximate surface area is 188 Å². The van der Waals surface area contributed by atoms with Gasteiger partial charge in [-0.2, -0.15) is 0 Å². The number of hydrogen-bond acceptors (Lipinski definition) is 5. The zero-order valence-electron chi connectivity index (χ0n) is 18.6. The molecule has 3 N–H and O–H groups in total. The van der Waals surface area contributed by atoms with Crippen LogP contribution in [-0.4, -0.2) is 32.0 Å². The van der Waals surface area contributed by atoms with Gasteiger partial charge in [-0.1, -0.05) is 26.0 Å². The summed E-state index contributed by atoms with van der Waals surface area (Å²) in [6.45, 7) is 9.06. The average Bonchev–Trinajstić information content (AvgIpc) is 2.66. The van der Waals surface area contributed by atoms with Crippen molar-refractivity contribution in [3.63, 3.8) is 0 Å². The lowest BCUT2D eigenvalue weighted by atomic mass is 10.1. The summed E-state index contributed by atoms with van der Waals surface area (Å²) in [6.07, 6.45) is 1.84. The van der Waals surface area contributed by atoms with E-state index in [1.54, 1.807) is 38.1 Å². The SMILES string of the molecule is CSc1ccc(S(=O)(=O)Nc2ccccc2C(=O)NC(C)(C)C)cc1NC(=O)C(C)C. The molecule has 0 aliphatic rings. The van der Waals surface area contributed by atoms with Crippen molar-refractivity contribution < 1.29 is 18.0 Å². The monoisotopic (exact) mass is 463 g/mol. The Bertz CT molecular complexity index is 1070. The molecular weight excluding hydrogens is 434 g/mol. The minimum absolute atomic E-state index is 0.0182. The second-order valence-corrected chi connectivity index (χ2v) is 10.9. The summed E-state index contributed by atoms with van der Waals surface area (Å²) in [5, 5.41) is 5.61. The van der Waals surface area contributed by atoms with Crippen LogP contribution in [0.1, 0.15) is 45.0 Å². The second-order valence-electron chi connectivity index (χ2n) is 8.36. The fourth-order valence-electron chi connectivity index (χ4n) is 2.61. The summed E-state index contributed by atoms with van der Waals surface area (Å²) in [5.74, 6) is -0.836. The van der Waals surface area contributed by atoms with E-state index in [0.717, 1.165) is 4.90 Å². The van der Waals surface area contributed by atoms with Crippen molar-refractivity contribution in [2.75, 3.05) is 16.3 Å². The van der Waals surface area contributed by atoms with Gasteiger partial charge in [-0.15, -0.1) is 11.8 Å². The molecular formula is C22H29N3O4S2. The predicted molar refractivity (Wildman–Crippen MR) is 126 cm³/mol. The minimum Gasteiger partial charge on any atom is -0.347 e. The van der Waals surface area contributed by atoms with Crippen LogP contribution in [0.25, 0.3) is 0 Å². The molecule has 0 atom stereocenters. The number of sulfonamides is 1. The molecule has 0 bridgehead atoms. The lowest BCUT2D eigenvalue weighted by molar-refractivity contribution is -0.118. The van der Waals surface area contributed by atoms with Crippen LogP contribution in [0.2, 0.25) is 0 Å². The van der Waals surface area contributed by atoms with Crippen molar-refractivity contribution in [1.82, 2.24) is 5.32 Å². The molecule has 2 amide bonds. The highest BCUT2D eigenvalue weighted by Gasteiger charge is 2.22. The zero-order valence-corrected chi connectivity index (χ0v) is 20.2. The largest absolute Gasteiger partial charge is 0.347 e. The van der Waals surface area contributed by atoms with E-state index in [-0.39, 0.29) is 33.9 Å². The maximum absolute atomic E-state index is 13.1. The molecule has 7 nitrogen and oxygen atoms in total. The smallest absolute Gasteiger partial charge is 0.261 e. The molecule has 31 heavy (non-hydrogen) atoms. The first-order valence-corrected chi connectivity index (χ1v) is 12.5. The summed E-state index contributed by atoms with van der Waals surface area (Å²) < 4.78 is 28.6. The van der Waals surface area contributed by atoms with Gasteiger partial charge in [-0.3, -0.25) is 14.3 Å². The highest BCUT2D eigenvalue weighted by Crippen LogP contribution is 2.30. The number of nitrogens with one attached hydrogen (secondary N) is 3. The van der Waals surface area contributed by atoms with Crippen molar-refractivity contribution in [2.45, 2.75) is 49.9 Å². The van der Waals surface area contributed by atoms with Gasteiger partial charge < -0.3 is 10.6 Å². The third kappa shape index (κ3) is 6.73. The summed E-state index contributed by atoms with van der Waals surface area (Å²) in [4.78, 5) is 25.5. The van der Waals surface area contributed by atoms with E-state index in [4.69, 9.17) is 0 Å². The minimum atomic E-state index is -4.01. The third-order valence-electron chi connectivity index (χ3n) is 4.17. The van der Waals surface area contributed by atoms with Crippen LogP contribution in [-0.2, 0) is 14.8 Å². The molecule has 0 unspecified atom stereocenters. The highest BCUT2D eigenvalue weighted by atomic mass is 32.2. The summed E-state index contributed by atoms with van der Waals surface area (Å²) in [6, 6.07) is 11.0. The maximum Gasteiger partial charge on any atom is 0.261 e. The fraction of sp³-hybridized carbons (Fsp3) is 0.364. The molecule has 0 fully saturated rings. The lowest BCUT2D eigenvalue weighted by Gasteiger charge is -2.21. The first-order chi connectivity index (χ1) is 14.3. The molecule has 0 radical (unpaired) electrons. The number of para-hydroxylation sites is 1. The molecule has 168 valence electrons. The normalized spacial score (nSPS) is 11.8. The van der Waals surface area contributed by atoms with E-state index in [1.807, 2.05) is 27.0 Å². The number of anilines is 2. The Kier molecular flexibility index (Phi) is 7.77. The van der Waals surface area contributed by atoms with Gasteiger partial charge in [0.2, 0.25) is 5.91 Å². The van der Waals surface area contributed by atoms with E-state index in [2.05, 4.69) is 15.4 Å². The standard InChI is InChI=1S/C22H29N3O4S2/c1-14(2)20(26)23-18-13-15(11-12-19(18)30-6)31(28,29)25-17-10-8-7-9-16(17)21(27)24-22(3,4)5/h7-14,25H,1-6H3,(H,23,26)(H,24,27). The van der Waals surface area contributed by atoms with Gasteiger partial charge in [0.1, 0.15) is 0 Å². The van der Waals surface area contributed by atoms with Crippen LogP contribution in [0.15, 0.2) is 52.3 Å². The van der Waals surface area contributed by atoms with Crippen LogP contribution >= 0.6 is 11.8 Å². The maximum atomic E-state index is 13.1. The van der Waals surface area contributed by atoms with Crippen molar-refractivity contribution in [1.29, 1.82) is 0 Å². The molecule has 2 aromatic rings. The number of carbonyl (C=O) groups is 2. The van der Waals surface area contributed by atoms with E-state index in [1.165, 1.54) is 30.0 Å². The Morgan fingerprint density at radius 1 is 1.00 bits per heavy atom. The Balaban J connectivity index is 2.40. The van der Waals surface area contributed by atoms with Gasteiger partial charge in [-0.05, 0) is 57.4 Å². The quantitative estimate of drug-likeness (QED) is 0.530. The van der Waals surface area contributed by atoms with Crippen LogP contribution in [0, 0.1) is 5.92 Å². The molecule has 2 aromatic carbocycles. The number of benzene rings is 2. The van der Waals surface area contributed by atoms with Crippen LogP contribution in [0.5, 0.6) is 0 Å². The van der Waals surface area contributed by atoms with Gasteiger partial charge in [-0.25, -0.2) is 8.42 Å². The zero-order chi connectivity index (χ0) is 23.4. The van der Waals surface area contributed by atoms with E-state index >= 15 is 0 Å². The third-order valence-corrected chi connectivity index (χ3v) is 6.33. The molecule has 0 spiro atoms. The number of thioether (sulfide) groups is 1. The molecule has 2 rings (SSSR count). The van der Waals surface area contributed by atoms with Gasteiger partial charge in [0, 0.05) is 16.4 Å². The number of amides is 2. The van der Waals surface area contributed by atoms with E-state index in [9.17, 15) is 18.0 Å². The summed E-state index contributed by atoms with van der Waals surface area (Å²) in [5.41, 5.74) is 0.342. The van der Waals surface area contributed by atoms with Crippen molar-refractivity contribution >= 4 is 45.0 Å². The van der Waals surface area contributed by atoms with Crippen LogP contribution in [0.4, 0.5) is 11.4 Å². The lowest BCUT2D eigenvalue weighted by Crippen LogP contribution is -2.40. The van der Waals surface area contributed by atoms with Crippen molar-refractivity contribution in [2.24, 2.45) is 5.92 Å². The molecule has 0 saturated heterocycles. The van der Waals surface area contributed by atoms with Gasteiger partial charge >= 0.3 is 0 Å². The van der Waals surface area contributed by atoms with Gasteiger partial charge in [0.25, 0.3) is 15.9 Å².